The van der Waals surface area contributed by atoms with E-state index < -0.39 is 0 Å². The number of hydrogen-bond acceptors (Lipinski definition) is 1. The molecule has 0 heterocycles. The summed E-state index contributed by atoms with van der Waals surface area (Å²) in [7, 11) is 2.02. The highest BCUT2D eigenvalue weighted by molar-refractivity contribution is 5.53. The Morgan fingerprint density at radius 2 is 1.61 bits per heavy atom. The van der Waals surface area contributed by atoms with Crippen LogP contribution in [0.5, 0.6) is 0 Å². The lowest BCUT2D eigenvalue weighted by Crippen LogP contribution is -2.36. The molecule has 0 saturated carbocycles. The molecule has 0 aliphatic rings. The Kier molecular flexibility index (Phi) is 4.26. The number of aryl methyl sites for hydroxylation is 2. The van der Waals surface area contributed by atoms with Gasteiger partial charge in [0, 0.05) is 18.2 Å². The summed E-state index contributed by atoms with van der Waals surface area (Å²) in [5.74, 6) is 0.582. The van der Waals surface area contributed by atoms with E-state index in [1.54, 1.807) is 0 Å². The van der Waals surface area contributed by atoms with E-state index in [9.17, 15) is 0 Å². The zero-order valence-electron chi connectivity index (χ0n) is 12.9. The van der Waals surface area contributed by atoms with E-state index in [2.05, 4.69) is 65.6 Å². The maximum atomic E-state index is 4.04. The molecule has 100 valence electrons. The van der Waals surface area contributed by atoms with Crippen LogP contribution in [0.25, 0.3) is 12.3 Å². The third kappa shape index (κ3) is 2.60. The minimum Gasteiger partial charge on any atom is -0.390 e. The van der Waals surface area contributed by atoms with Gasteiger partial charge in [0.25, 0.3) is 0 Å². The van der Waals surface area contributed by atoms with Gasteiger partial charge in [0.15, 0.2) is 0 Å². The molecule has 0 aliphatic carbocycles. The molecule has 0 aliphatic heterocycles. The highest BCUT2D eigenvalue weighted by atomic mass is 14.9. The molecule has 0 bridgehead atoms. The first-order valence-corrected chi connectivity index (χ1v) is 6.70. The summed E-state index contributed by atoms with van der Waals surface area (Å²) in [5.41, 5.74) is 4.07. The van der Waals surface area contributed by atoms with Crippen molar-refractivity contribution in [2.75, 3.05) is 7.05 Å². The van der Waals surface area contributed by atoms with Gasteiger partial charge in [0.1, 0.15) is 0 Å². The van der Waals surface area contributed by atoms with E-state index in [0.29, 0.717) is 5.92 Å². The zero-order valence-corrected chi connectivity index (χ0v) is 12.9. The molecule has 0 atom stereocenters. The van der Waals surface area contributed by atoms with Crippen molar-refractivity contribution in [3.63, 3.8) is 0 Å². The van der Waals surface area contributed by atoms with Crippen molar-refractivity contribution in [3.8, 4) is 0 Å². The van der Waals surface area contributed by atoms with Crippen molar-refractivity contribution in [1.29, 1.82) is 0 Å². The third-order valence-electron chi connectivity index (χ3n) is 4.18. The molecule has 1 aromatic carbocycles. The fourth-order valence-corrected chi connectivity index (χ4v) is 2.51. The molecule has 1 nitrogen and oxygen atoms in total. The standard InChI is InChI=1S/C17H27N/c1-11(2)17(6,7)16(18-8)15-13(4)9-12(3)10-14(15)5/h9-11,18H,3H2,1-2,4-8H3. The summed E-state index contributed by atoms with van der Waals surface area (Å²) in [6.07, 6.45) is 0. The van der Waals surface area contributed by atoms with Crippen molar-refractivity contribution in [3.05, 3.63) is 33.7 Å². The van der Waals surface area contributed by atoms with Gasteiger partial charge in [0.2, 0.25) is 0 Å². The Labute approximate surface area is 112 Å². The van der Waals surface area contributed by atoms with Gasteiger partial charge in [-0.15, -0.1) is 0 Å². The predicted molar refractivity (Wildman–Crippen MR) is 81.8 cm³/mol. The largest absolute Gasteiger partial charge is 0.390 e. The summed E-state index contributed by atoms with van der Waals surface area (Å²) >= 11 is 0. The quantitative estimate of drug-likeness (QED) is 0.863. The first kappa shape index (κ1) is 14.8. The molecular formula is C17H27N. The number of hydrogen-bond donors (Lipinski definition) is 1. The van der Waals surface area contributed by atoms with E-state index in [4.69, 9.17) is 0 Å². The van der Waals surface area contributed by atoms with Gasteiger partial charge in [0.05, 0.1) is 0 Å². The summed E-state index contributed by atoms with van der Waals surface area (Å²) in [6, 6.07) is 4.33. The topological polar surface area (TPSA) is 12.0 Å². The summed E-state index contributed by atoms with van der Waals surface area (Å²) in [6.45, 7) is 17.5. The highest BCUT2D eigenvalue weighted by Crippen LogP contribution is 2.33. The van der Waals surface area contributed by atoms with Gasteiger partial charge in [-0.3, -0.25) is 0 Å². The fourth-order valence-electron chi connectivity index (χ4n) is 2.51. The second kappa shape index (κ2) is 5.17. The SMILES string of the molecule is C=c1cc(C)c(=C(NC)C(C)(C)C(C)C)c(C)c1. The fraction of sp³-hybridized carbons (Fsp3) is 0.529. The van der Waals surface area contributed by atoms with Crippen LogP contribution >= 0.6 is 0 Å². The molecule has 0 spiro atoms. The van der Waals surface area contributed by atoms with Crippen LogP contribution in [0.1, 0.15) is 38.8 Å². The van der Waals surface area contributed by atoms with Crippen LogP contribution in [0.4, 0.5) is 0 Å². The molecule has 0 fully saturated rings. The Balaban J connectivity index is 3.75. The minimum absolute atomic E-state index is 0.132. The van der Waals surface area contributed by atoms with E-state index in [-0.39, 0.29) is 5.41 Å². The van der Waals surface area contributed by atoms with Crippen molar-refractivity contribution in [2.45, 2.75) is 41.5 Å². The van der Waals surface area contributed by atoms with Crippen molar-refractivity contribution in [2.24, 2.45) is 11.3 Å². The average molecular weight is 245 g/mol. The van der Waals surface area contributed by atoms with Crippen LogP contribution in [0.15, 0.2) is 12.1 Å². The van der Waals surface area contributed by atoms with Crippen molar-refractivity contribution in [1.82, 2.24) is 5.32 Å². The van der Waals surface area contributed by atoms with Crippen molar-refractivity contribution < 1.29 is 0 Å². The first-order valence-electron chi connectivity index (χ1n) is 6.70. The minimum atomic E-state index is 0.132. The molecular weight excluding hydrogens is 218 g/mol. The average Bonchev–Trinajstić information content (AvgIpc) is 2.22. The van der Waals surface area contributed by atoms with Gasteiger partial charge in [-0.2, -0.15) is 0 Å². The van der Waals surface area contributed by atoms with Crippen molar-refractivity contribution >= 4 is 12.3 Å². The molecule has 0 saturated heterocycles. The zero-order chi connectivity index (χ0) is 14.1. The second-order valence-electron chi connectivity index (χ2n) is 6.11. The maximum Gasteiger partial charge on any atom is 0.0243 e. The van der Waals surface area contributed by atoms with Gasteiger partial charge < -0.3 is 5.32 Å². The van der Waals surface area contributed by atoms with E-state index in [1.165, 1.54) is 22.0 Å². The van der Waals surface area contributed by atoms with Crippen LogP contribution in [0, 0.1) is 25.2 Å². The van der Waals surface area contributed by atoms with Crippen LogP contribution in [0.2, 0.25) is 0 Å². The lowest BCUT2D eigenvalue weighted by molar-refractivity contribution is 0.335. The lowest BCUT2D eigenvalue weighted by Gasteiger charge is -2.33. The number of rotatable bonds is 3. The van der Waals surface area contributed by atoms with Gasteiger partial charge in [-0.25, -0.2) is 0 Å². The number of benzene rings is 1. The normalized spacial score (nSPS) is 11.8. The van der Waals surface area contributed by atoms with Gasteiger partial charge in [-0.05, 0) is 41.3 Å². The molecule has 1 heteroatoms. The Morgan fingerprint density at radius 3 is 1.94 bits per heavy atom. The Bertz CT molecular complexity index is 506. The lowest BCUT2D eigenvalue weighted by atomic mass is 9.76. The Hall–Kier alpha value is -1.24. The summed E-state index contributed by atoms with van der Waals surface area (Å²) in [5, 5.41) is 5.88. The first-order chi connectivity index (χ1) is 8.21. The molecule has 0 amide bonds. The van der Waals surface area contributed by atoms with Crippen LogP contribution in [-0.4, -0.2) is 7.05 Å². The molecule has 1 aromatic rings. The van der Waals surface area contributed by atoms with E-state index in [0.717, 1.165) is 5.22 Å². The van der Waals surface area contributed by atoms with Crippen LogP contribution in [0.3, 0.4) is 0 Å². The molecule has 0 radical (unpaired) electrons. The smallest absolute Gasteiger partial charge is 0.0243 e. The van der Waals surface area contributed by atoms with Gasteiger partial charge >= 0.3 is 0 Å². The molecule has 0 unspecified atom stereocenters. The summed E-state index contributed by atoms with van der Waals surface area (Å²) in [4.78, 5) is 0. The number of nitrogens with one attached hydrogen (secondary N) is 1. The maximum absolute atomic E-state index is 4.04. The monoisotopic (exact) mass is 245 g/mol. The van der Waals surface area contributed by atoms with Gasteiger partial charge in [-0.1, -0.05) is 46.4 Å². The summed E-state index contributed by atoms with van der Waals surface area (Å²) < 4.78 is 0. The van der Waals surface area contributed by atoms with E-state index in [1.807, 2.05) is 7.05 Å². The molecule has 18 heavy (non-hydrogen) atoms. The van der Waals surface area contributed by atoms with E-state index >= 15 is 0 Å². The molecule has 0 aromatic heterocycles. The highest BCUT2D eigenvalue weighted by Gasteiger charge is 2.27. The van der Waals surface area contributed by atoms with Crippen LogP contribution in [-0.2, 0) is 0 Å². The molecule has 1 rings (SSSR count). The third-order valence-corrected chi connectivity index (χ3v) is 4.18. The van der Waals surface area contributed by atoms with Crippen LogP contribution < -0.4 is 15.8 Å². The Morgan fingerprint density at radius 1 is 1.17 bits per heavy atom. The predicted octanol–water partition coefficient (Wildman–Crippen LogP) is 2.72. The molecule has 1 N–H and O–H groups in total. The second-order valence-corrected chi connectivity index (χ2v) is 6.11.